The molecule has 2 aliphatic heterocycles. The summed E-state index contributed by atoms with van der Waals surface area (Å²) in [6.45, 7) is 21.1. The summed E-state index contributed by atoms with van der Waals surface area (Å²) in [5, 5.41) is 22.4. The number of hydrogen-bond donors (Lipinski definition) is 2. The molecule has 1 amide bonds. The van der Waals surface area contributed by atoms with Crippen LogP contribution in [0.4, 0.5) is 0 Å². The minimum Gasteiger partial charge on any atom is -0.460 e. The van der Waals surface area contributed by atoms with E-state index in [1.54, 1.807) is 35.2 Å². The third kappa shape index (κ3) is 15.8. The van der Waals surface area contributed by atoms with Crippen molar-refractivity contribution < 1.29 is 57.9 Å². The third-order valence-electron chi connectivity index (χ3n) is 15.0. The quantitative estimate of drug-likeness (QED) is 0.0367. The van der Waals surface area contributed by atoms with Crippen LogP contribution in [-0.2, 0) is 47.7 Å². The Kier molecular flexibility index (Phi) is 24.0. The topological polar surface area (TPSA) is 175 Å². The van der Waals surface area contributed by atoms with Crippen molar-refractivity contribution in [1.82, 2.24) is 4.90 Å². The number of rotatable bonds is 26. The van der Waals surface area contributed by atoms with Gasteiger partial charge in [0.15, 0.2) is 5.78 Å². The van der Waals surface area contributed by atoms with Crippen molar-refractivity contribution in [3.8, 4) is 0 Å². The number of aliphatic hydroxyl groups is 2. The molecule has 0 aromatic heterocycles. The number of nitrogens with zero attached hydrogens (tertiary/aromatic N) is 1. The summed E-state index contributed by atoms with van der Waals surface area (Å²) in [7, 11) is 4.72. The van der Waals surface area contributed by atoms with Crippen LogP contribution in [0.1, 0.15) is 146 Å². The van der Waals surface area contributed by atoms with E-state index in [1.807, 2.05) is 78.8 Å². The molecule has 0 spiro atoms. The lowest BCUT2D eigenvalue weighted by molar-refractivity contribution is -0.265. The molecule has 0 bridgehead atoms. The average molecular weight is 942 g/mol. The van der Waals surface area contributed by atoms with Crippen LogP contribution in [0.3, 0.4) is 0 Å². The Morgan fingerprint density at radius 1 is 0.940 bits per heavy atom. The van der Waals surface area contributed by atoms with Crippen molar-refractivity contribution in [2.24, 2.45) is 41.4 Å². The van der Waals surface area contributed by atoms with Gasteiger partial charge < -0.3 is 38.8 Å². The second-order valence-corrected chi connectivity index (χ2v) is 20.2. The van der Waals surface area contributed by atoms with E-state index in [0.717, 1.165) is 17.6 Å². The number of methoxy groups -OCH3 is 3. The van der Waals surface area contributed by atoms with Gasteiger partial charge in [-0.15, -0.1) is 6.58 Å². The van der Waals surface area contributed by atoms with Crippen molar-refractivity contribution in [3.63, 3.8) is 0 Å². The van der Waals surface area contributed by atoms with Gasteiger partial charge in [0.05, 0.1) is 24.4 Å². The van der Waals surface area contributed by atoms with E-state index in [2.05, 4.69) is 6.58 Å². The van der Waals surface area contributed by atoms with Gasteiger partial charge in [-0.1, -0.05) is 77.5 Å². The number of ketones is 3. The molecule has 0 radical (unpaired) electrons. The molecule has 3 aliphatic rings. The second kappa shape index (κ2) is 27.8. The van der Waals surface area contributed by atoms with Gasteiger partial charge in [-0.05, 0) is 115 Å². The fraction of sp³-hybridized carbons (Fsp3) is 0.759. The Morgan fingerprint density at radius 2 is 1.64 bits per heavy atom. The first-order valence-electron chi connectivity index (χ1n) is 25.1. The monoisotopic (exact) mass is 942 g/mol. The number of carbonyl (C=O) groups is 5. The molecule has 380 valence electrons. The Morgan fingerprint density at radius 3 is 2.25 bits per heavy atom. The van der Waals surface area contributed by atoms with Gasteiger partial charge in [0, 0.05) is 64.4 Å². The van der Waals surface area contributed by atoms with E-state index in [-0.39, 0.29) is 72.8 Å². The van der Waals surface area contributed by atoms with Crippen LogP contribution in [-0.4, -0.2) is 121 Å². The number of Topliss-reactive ketones (excluding diaryl/α,β-unsaturated/α-hetero) is 3. The zero-order valence-corrected chi connectivity index (χ0v) is 43.0. The van der Waals surface area contributed by atoms with Gasteiger partial charge >= 0.3 is 5.97 Å². The molecular weight excluding hydrogens is 855 g/mol. The number of esters is 1. The Bertz CT molecular complexity index is 1740. The van der Waals surface area contributed by atoms with Crippen molar-refractivity contribution in [3.05, 3.63) is 48.1 Å². The highest BCUT2D eigenvalue weighted by molar-refractivity contribution is 6.39. The number of carbonyl (C=O) groups excluding carboxylic acids is 5. The maximum absolute atomic E-state index is 14.4. The number of piperidine rings is 1. The highest BCUT2D eigenvalue weighted by Gasteiger charge is 2.53. The van der Waals surface area contributed by atoms with E-state index >= 15 is 0 Å². The summed E-state index contributed by atoms with van der Waals surface area (Å²) < 4.78 is 29.6. The summed E-state index contributed by atoms with van der Waals surface area (Å²) in [6, 6.07) is -1.11. The molecule has 67 heavy (non-hydrogen) atoms. The number of hydrogen-bond acceptors (Lipinski definition) is 12. The summed E-state index contributed by atoms with van der Waals surface area (Å²) in [5.41, 5.74) is 1.81. The Labute approximate surface area is 402 Å². The van der Waals surface area contributed by atoms with E-state index < -0.39 is 65.7 Å². The SMILES string of the molecule is C=C[C@@H](C)C[C@@H](C)C(=O)[C@H](OC)[C@H](CC)/C(C)=C/[C@@H](C)C(=O)C[C@H](OC(=O)[C@@H]1CCCCN1C(=O)C(=O)[C@]1(O)O[C@H](C[C@H](OC)/C(C)=C/C=C/C)CC[C@H]1C)[C@H](C)C[C@@H]1CC[C@@H](O)[C@H](OC)C1. The van der Waals surface area contributed by atoms with Crippen LogP contribution < -0.4 is 0 Å². The van der Waals surface area contributed by atoms with Crippen molar-refractivity contribution >= 4 is 29.2 Å². The van der Waals surface area contributed by atoms with Crippen LogP contribution in [0.25, 0.3) is 0 Å². The largest absolute Gasteiger partial charge is 0.460 e. The summed E-state index contributed by atoms with van der Waals surface area (Å²) in [4.78, 5) is 72.0. The number of amides is 1. The molecule has 13 heteroatoms. The molecule has 0 aromatic rings. The molecular formula is C54H87NO12. The number of allylic oxidation sites excluding steroid dienone is 5. The van der Waals surface area contributed by atoms with Crippen LogP contribution in [0.5, 0.6) is 0 Å². The molecule has 1 saturated carbocycles. The molecule has 1 aliphatic carbocycles. The molecule has 13 nitrogen and oxygen atoms in total. The molecule has 2 N–H and O–H groups in total. The van der Waals surface area contributed by atoms with E-state index in [9.17, 15) is 34.2 Å². The van der Waals surface area contributed by atoms with Crippen LogP contribution >= 0.6 is 0 Å². The van der Waals surface area contributed by atoms with Crippen LogP contribution in [0, 0.1) is 41.4 Å². The third-order valence-corrected chi connectivity index (χ3v) is 15.0. The van der Waals surface area contributed by atoms with Crippen molar-refractivity contribution in [2.45, 2.75) is 194 Å². The maximum atomic E-state index is 14.4. The first kappa shape index (κ1) is 58.0. The summed E-state index contributed by atoms with van der Waals surface area (Å²) in [6.07, 6.45) is 12.6. The lowest BCUT2D eigenvalue weighted by Gasteiger charge is -2.42. The molecule has 3 rings (SSSR count). The second-order valence-electron chi connectivity index (χ2n) is 20.2. The fourth-order valence-electron chi connectivity index (χ4n) is 10.5. The first-order chi connectivity index (χ1) is 31.7. The van der Waals surface area contributed by atoms with Gasteiger partial charge in [-0.3, -0.25) is 19.2 Å². The van der Waals surface area contributed by atoms with Gasteiger partial charge in [0.1, 0.15) is 24.0 Å². The zero-order valence-electron chi connectivity index (χ0n) is 43.0. The highest BCUT2D eigenvalue weighted by Crippen LogP contribution is 2.38. The molecule has 3 fully saturated rings. The maximum Gasteiger partial charge on any atom is 0.329 e. The van der Waals surface area contributed by atoms with Crippen LogP contribution in [0.2, 0.25) is 0 Å². The highest BCUT2D eigenvalue weighted by atomic mass is 16.6. The first-order valence-corrected chi connectivity index (χ1v) is 25.1. The lowest BCUT2D eigenvalue weighted by Crippen LogP contribution is -2.61. The predicted molar refractivity (Wildman–Crippen MR) is 260 cm³/mol. The van der Waals surface area contributed by atoms with Gasteiger partial charge in [-0.2, -0.15) is 0 Å². The van der Waals surface area contributed by atoms with Gasteiger partial charge in [0.2, 0.25) is 5.79 Å². The van der Waals surface area contributed by atoms with Gasteiger partial charge in [0.25, 0.3) is 11.7 Å². The normalized spacial score (nSPS) is 29.0. The van der Waals surface area contributed by atoms with E-state index in [0.29, 0.717) is 64.2 Å². The minimum absolute atomic E-state index is 0.0109. The summed E-state index contributed by atoms with van der Waals surface area (Å²) in [5.74, 6) is -7.13. The number of ether oxygens (including phenoxy) is 5. The fourth-order valence-corrected chi connectivity index (χ4v) is 10.5. The molecule has 0 aromatic carbocycles. The van der Waals surface area contributed by atoms with Crippen molar-refractivity contribution in [2.75, 3.05) is 27.9 Å². The predicted octanol–water partition coefficient (Wildman–Crippen LogP) is 8.48. The number of likely N-dealkylation sites (tertiary alicyclic amines) is 1. The standard InChI is InChI=1S/C54H87NO12/c1-14-17-20-34(5)46(63-11)31-41-24-22-39(10)54(62,67-41)51(59)52(60)55-26-19-18-21-43(55)53(61)66-47(37(8)29-40-23-25-44(56)48(30-40)64-12)32-45(57)36(7)28-35(6)42(16-3)50(65-13)49(58)38(9)27-33(4)15-2/h14-15,17,20,28,33,36-44,46-48,50,56,62H,2,16,18-19,21-27,29-32H2,1,3-13H3/b17-14+,34-20+,35-28+/t33-,36-,37-,38-,39-,40+,41+,42-,43+,44-,46+,47+,48-,50-,54-/m1/s1. The Balaban J connectivity index is 1.88. The Hall–Kier alpha value is -3.33. The molecule has 2 saturated heterocycles. The smallest absolute Gasteiger partial charge is 0.329 e. The molecule has 2 heterocycles. The molecule has 0 unspecified atom stereocenters. The average Bonchev–Trinajstić information content (AvgIpc) is 3.31. The lowest BCUT2D eigenvalue weighted by atomic mass is 9.78. The zero-order chi connectivity index (χ0) is 50.2. The van der Waals surface area contributed by atoms with Crippen molar-refractivity contribution in [1.29, 1.82) is 0 Å². The van der Waals surface area contributed by atoms with E-state index in [4.69, 9.17) is 23.7 Å². The van der Waals surface area contributed by atoms with Gasteiger partial charge in [-0.25, -0.2) is 4.79 Å². The molecule has 15 atom stereocenters. The summed E-state index contributed by atoms with van der Waals surface area (Å²) >= 11 is 0. The van der Waals surface area contributed by atoms with E-state index in [1.165, 1.54) is 4.90 Å². The number of aliphatic hydroxyl groups excluding tert-OH is 1. The minimum atomic E-state index is -2.40. The van der Waals surface area contributed by atoms with Crippen LogP contribution in [0.15, 0.2) is 48.1 Å².